The first-order valence-corrected chi connectivity index (χ1v) is 7.55. The van der Waals surface area contributed by atoms with E-state index in [9.17, 15) is 8.78 Å². The summed E-state index contributed by atoms with van der Waals surface area (Å²) >= 11 is 0. The topological polar surface area (TPSA) is 51.0 Å². The fourth-order valence-electron chi connectivity index (χ4n) is 2.86. The van der Waals surface area contributed by atoms with Crippen LogP contribution in [-0.2, 0) is 5.92 Å². The average molecular weight is 324 g/mol. The molecule has 6 heteroatoms. The van der Waals surface area contributed by atoms with Crippen LogP contribution in [0.4, 0.5) is 8.78 Å². The van der Waals surface area contributed by atoms with Gasteiger partial charge in [-0.2, -0.15) is 8.78 Å². The first kappa shape index (κ1) is 14.8. The molecular formula is C18H14F2N4. The third-order valence-electron chi connectivity index (χ3n) is 4.27. The minimum atomic E-state index is -3.08. The second kappa shape index (κ2) is 4.87. The molecule has 0 amide bonds. The molecule has 1 aromatic carbocycles. The summed E-state index contributed by atoms with van der Waals surface area (Å²) in [4.78, 5) is 17.2. The van der Waals surface area contributed by atoms with Crippen LogP contribution >= 0.6 is 0 Å². The van der Waals surface area contributed by atoms with Crippen molar-refractivity contribution in [3.05, 3.63) is 65.7 Å². The van der Waals surface area contributed by atoms with E-state index in [-0.39, 0.29) is 5.56 Å². The third kappa shape index (κ3) is 2.02. The molecule has 3 heterocycles. The molecule has 2 aromatic heterocycles. The van der Waals surface area contributed by atoms with Gasteiger partial charge in [-0.05, 0) is 32.0 Å². The van der Waals surface area contributed by atoms with E-state index in [0.29, 0.717) is 22.5 Å². The number of hydrogen-bond donors (Lipinski definition) is 0. The molecule has 120 valence electrons. The summed E-state index contributed by atoms with van der Waals surface area (Å²) in [5.41, 5.74) is 0.934. The van der Waals surface area contributed by atoms with Crippen LogP contribution in [0.25, 0.3) is 11.0 Å². The lowest BCUT2D eigenvalue weighted by molar-refractivity contribution is -0.0682. The Morgan fingerprint density at radius 3 is 2.50 bits per heavy atom. The predicted octanol–water partition coefficient (Wildman–Crippen LogP) is 3.75. The van der Waals surface area contributed by atoms with Gasteiger partial charge in [0.25, 0.3) is 5.92 Å². The molecule has 4 nitrogen and oxygen atoms in total. The van der Waals surface area contributed by atoms with E-state index < -0.39 is 11.5 Å². The summed E-state index contributed by atoms with van der Waals surface area (Å²) < 4.78 is 29.5. The van der Waals surface area contributed by atoms with Crippen molar-refractivity contribution in [2.45, 2.75) is 25.3 Å². The van der Waals surface area contributed by atoms with Crippen molar-refractivity contribution in [2.75, 3.05) is 0 Å². The first-order valence-electron chi connectivity index (χ1n) is 7.55. The zero-order valence-electron chi connectivity index (χ0n) is 13.2. The molecule has 0 atom stereocenters. The Morgan fingerprint density at radius 2 is 1.71 bits per heavy atom. The van der Waals surface area contributed by atoms with Crippen molar-refractivity contribution in [1.29, 1.82) is 0 Å². The van der Waals surface area contributed by atoms with Crippen molar-refractivity contribution in [3.63, 3.8) is 0 Å². The number of fused-ring (bicyclic) bond motifs is 2. The Labute approximate surface area is 137 Å². The molecule has 0 N–H and O–H groups in total. The average Bonchev–Trinajstić information content (AvgIpc) is 2.58. The molecule has 0 bridgehead atoms. The monoisotopic (exact) mass is 324 g/mol. The van der Waals surface area contributed by atoms with Crippen molar-refractivity contribution in [2.24, 2.45) is 4.99 Å². The molecule has 0 saturated carbocycles. The lowest BCUT2D eigenvalue weighted by Crippen LogP contribution is -2.44. The van der Waals surface area contributed by atoms with Gasteiger partial charge in [0.15, 0.2) is 0 Å². The molecule has 0 unspecified atom stereocenters. The van der Waals surface area contributed by atoms with Crippen molar-refractivity contribution in [3.8, 4) is 0 Å². The van der Waals surface area contributed by atoms with E-state index in [1.807, 2.05) is 24.3 Å². The predicted molar refractivity (Wildman–Crippen MR) is 87.4 cm³/mol. The van der Waals surface area contributed by atoms with Crippen LogP contribution < -0.4 is 0 Å². The number of aliphatic imine (C=N–C) groups is 1. The van der Waals surface area contributed by atoms with E-state index in [1.54, 1.807) is 6.20 Å². The molecule has 0 saturated heterocycles. The van der Waals surface area contributed by atoms with Gasteiger partial charge in [0.1, 0.15) is 11.2 Å². The van der Waals surface area contributed by atoms with Crippen molar-refractivity contribution < 1.29 is 8.78 Å². The second-order valence-electron chi connectivity index (χ2n) is 6.26. The molecule has 1 aliphatic heterocycles. The fourth-order valence-corrected chi connectivity index (χ4v) is 2.86. The number of benzene rings is 1. The van der Waals surface area contributed by atoms with Gasteiger partial charge in [-0.15, -0.1) is 0 Å². The van der Waals surface area contributed by atoms with Crippen LogP contribution in [0, 0.1) is 0 Å². The zero-order chi connectivity index (χ0) is 16.9. The highest BCUT2D eigenvalue weighted by atomic mass is 19.3. The van der Waals surface area contributed by atoms with Crippen LogP contribution in [-0.4, -0.2) is 26.2 Å². The minimum absolute atomic E-state index is 0.0811. The smallest absolute Gasteiger partial charge is 0.270 e. The number of rotatable bonds is 1. The number of para-hydroxylation sites is 2. The highest BCUT2D eigenvalue weighted by Crippen LogP contribution is 2.46. The maximum absolute atomic E-state index is 14.7. The van der Waals surface area contributed by atoms with E-state index in [1.165, 1.54) is 32.3 Å². The number of pyridine rings is 1. The Kier molecular flexibility index (Phi) is 3.00. The van der Waals surface area contributed by atoms with E-state index in [2.05, 4.69) is 19.9 Å². The Bertz CT molecular complexity index is 979. The molecule has 0 aliphatic carbocycles. The lowest BCUT2D eigenvalue weighted by atomic mass is 9.83. The van der Waals surface area contributed by atoms with Gasteiger partial charge < -0.3 is 0 Å². The fraction of sp³-hybridized carbons (Fsp3) is 0.222. The molecule has 4 rings (SSSR count). The van der Waals surface area contributed by atoms with Gasteiger partial charge >= 0.3 is 0 Å². The van der Waals surface area contributed by atoms with Crippen molar-refractivity contribution >= 4 is 16.7 Å². The Morgan fingerprint density at radius 1 is 0.958 bits per heavy atom. The summed E-state index contributed by atoms with van der Waals surface area (Å²) in [7, 11) is 0. The summed E-state index contributed by atoms with van der Waals surface area (Å²) in [6, 6.07) is 8.76. The zero-order valence-corrected chi connectivity index (χ0v) is 13.2. The quantitative estimate of drug-likeness (QED) is 0.685. The Balaban J connectivity index is 1.98. The van der Waals surface area contributed by atoms with Crippen LogP contribution in [0.15, 0.2) is 53.9 Å². The second-order valence-corrected chi connectivity index (χ2v) is 6.26. The Hall–Kier alpha value is -2.76. The summed E-state index contributed by atoms with van der Waals surface area (Å²) in [6.07, 6.45) is 4.35. The number of nitrogens with zero attached hydrogens (tertiary/aromatic N) is 4. The molecule has 3 aromatic rings. The molecule has 0 radical (unpaired) electrons. The molecular weight excluding hydrogens is 310 g/mol. The van der Waals surface area contributed by atoms with E-state index in [4.69, 9.17) is 0 Å². The van der Waals surface area contributed by atoms with E-state index in [0.717, 1.165) is 5.52 Å². The minimum Gasteiger partial charge on any atom is -0.270 e. The number of hydrogen-bond acceptors (Lipinski definition) is 4. The maximum Gasteiger partial charge on any atom is 0.298 e. The largest absolute Gasteiger partial charge is 0.298 e. The standard InChI is InChI=1S/C18H14F2N4/c1-17(2)18(19,20)12-7-8-21-9-11(12)16(24-17)15-10-22-13-5-3-4-6-14(13)23-15/h3-10H,1-2H3. The summed E-state index contributed by atoms with van der Waals surface area (Å²) in [5, 5.41) is 0. The normalized spacial score (nSPS) is 18.1. The highest BCUT2D eigenvalue weighted by Gasteiger charge is 2.53. The molecule has 0 fully saturated rings. The highest BCUT2D eigenvalue weighted by molar-refractivity contribution is 6.13. The van der Waals surface area contributed by atoms with Crippen LogP contribution in [0.1, 0.15) is 30.7 Å². The van der Waals surface area contributed by atoms with Crippen LogP contribution in [0.2, 0.25) is 0 Å². The van der Waals surface area contributed by atoms with Gasteiger partial charge in [-0.1, -0.05) is 12.1 Å². The number of aromatic nitrogens is 3. The summed E-state index contributed by atoms with van der Waals surface area (Å²) in [5.74, 6) is -3.08. The lowest BCUT2D eigenvalue weighted by Gasteiger charge is -2.36. The van der Waals surface area contributed by atoms with Gasteiger partial charge in [0.2, 0.25) is 0 Å². The van der Waals surface area contributed by atoms with Gasteiger partial charge in [0, 0.05) is 23.5 Å². The van der Waals surface area contributed by atoms with E-state index >= 15 is 0 Å². The first-order chi connectivity index (χ1) is 11.4. The maximum atomic E-state index is 14.7. The molecule has 1 aliphatic rings. The van der Waals surface area contributed by atoms with Gasteiger partial charge in [-0.25, -0.2) is 4.98 Å². The number of halogens is 2. The molecule has 0 spiro atoms. The SMILES string of the molecule is CC1(C)N=C(c2cnc3ccccc3n2)c2cnccc2C1(F)F. The molecule has 24 heavy (non-hydrogen) atoms. The van der Waals surface area contributed by atoms with Crippen LogP contribution in [0.3, 0.4) is 0 Å². The van der Waals surface area contributed by atoms with Crippen LogP contribution in [0.5, 0.6) is 0 Å². The summed E-state index contributed by atoms with van der Waals surface area (Å²) in [6.45, 7) is 2.84. The van der Waals surface area contributed by atoms with Gasteiger partial charge in [-0.3, -0.25) is 15.0 Å². The van der Waals surface area contributed by atoms with Crippen molar-refractivity contribution in [1.82, 2.24) is 15.0 Å². The third-order valence-corrected chi connectivity index (χ3v) is 4.27. The van der Waals surface area contributed by atoms with Gasteiger partial charge in [0.05, 0.1) is 22.9 Å². The number of alkyl halides is 2.